The fourth-order valence-corrected chi connectivity index (χ4v) is 3.21. The van der Waals surface area contributed by atoms with Crippen LogP contribution in [0.2, 0.25) is 0 Å². The van der Waals surface area contributed by atoms with Gasteiger partial charge < -0.3 is 5.73 Å². The van der Waals surface area contributed by atoms with Crippen molar-refractivity contribution in [1.29, 1.82) is 0 Å². The molecule has 1 heterocycles. The van der Waals surface area contributed by atoms with Gasteiger partial charge in [-0.1, -0.05) is 17.7 Å². The second kappa shape index (κ2) is 3.89. The van der Waals surface area contributed by atoms with Crippen LogP contribution in [0.4, 0.5) is 5.82 Å². The highest BCUT2D eigenvalue weighted by atomic mass is 32.2. The first-order valence-corrected chi connectivity index (χ1v) is 6.52. The van der Waals surface area contributed by atoms with E-state index in [-0.39, 0.29) is 15.6 Å². The molecule has 0 unspecified atom stereocenters. The molecule has 0 aliphatic carbocycles. The van der Waals surface area contributed by atoms with Gasteiger partial charge >= 0.3 is 0 Å². The molecule has 1 aromatic heterocycles. The molecule has 0 spiro atoms. The summed E-state index contributed by atoms with van der Waals surface area (Å²) in [4.78, 5) is 0.278. The topological polar surface area (TPSA) is 88.8 Å². The SMILES string of the molecule is Cc1ccc(S(=O)(=O)c2cn[nH]c2N)c(C)c1. The van der Waals surface area contributed by atoms with E-state index < -0.39 is 9.84 Å². The molecule has 0 fully saturated rings. The van der Waals surface area contributed by atoms with Gasteiger partial charge in [-0.05, 0) is 25.5 Å². The number of nitrogens with two attached hydrogens (primary N) is 1. The number of aryl methyl sites for hydroxylation is 2. The van der Waals surface area contributed by atoms with E-state index in [4.69, 9.17) is 5.73 Å². The molecule has 2 aromatic rings. The van der Waals surface area contributed by atoms with Crippen LogP contribution < -0.4 is 5.73 Å². The number of aromatic amines is 1. The molecule has 17 heavy (non-hydrogen) atoms. The van der Waals surface area contributed by atoms with Gasteiger partial charge in [0.2, 0.25) is 9.84 Å². The van der Waals surface area contributed by atoms with Crippen LogP contribution in [-0.4, -0.2) is 18.6 Å². The van der Waals surface area contributed by atoms with Crippen LogP contribution in [0.1, 0.15) is 11.1 Å². The van der Waals surface area contributed by atoms with Crippen LogP contribution in [0.3, 0.4) is 0 Å². The number of nitrogens with zero attached hydrogens (tertiary/aromatic N) is 1. The molecular formula is C11H13N3O2S. The number of hydrogen-bond donors (Lipinski definition) is 2. The Hall–Kier alpha value is -1.82. The minimum atomic E-state index is -3.59. The Morgan fingerprint density at radius 3 is 2.47 bits per heavy atom. The molecule has 0 bridgehead atoms. The summed E-state index contributed by atoms with van der Waals surface area (Å²) in [5.41, 5.74) is 7.26. The Labute approximate surface area is 99.6 Å². The van der Waals surface area contributed by atoms with Gasteiger partial charge in [-0.3, -0.25) is 5.10 Å². The number of nitrogen functional groups attached to an aromatic ring is 1. The van der Waals surface area contributed by atoms with Gasteiger partial charge in [0.15, 0.2) is 0 Å². The van der Waals surface area contributed by atoms with Crippen molar-refractivity contribution in [1.82, 2.24) is 10.2 Å². The minimum absolute atomic E-state index is 0.0180. The Morgan fingerprint density at radius 2 is 1.94 bits per heavy atom. The number of H-pyrrole nitrogens is 1. The zero-order chi connectivity index (χ0) is 12.6. The van der Waals surface area contributed by atoms with Crippen LogP contribution in [0.25, 0.3) is 0 Å². The van der Waals surface area contributed by atoms with Crippen molar-refractivity contribution in [3.8, 4) is 0 Å². The lowest BCUT2D eigenvalue weighted by Crippen LogP contribution is -2.06. The number of sulfone groups is 1. The van der Waals surface area contributed by atoms with Gasteiger partial charge in [0.05, 0.1) is 11.1 Å². The van der Waals surface area contributed by atoms with Crippen LogP contribution >= 0.6 is 0 Å². The van der Waals surface area contributed by atoms with Crippen LogP contribution in [0, 0.1) is 13.8 Å². The van der Waals surface area contributed by atoms with Gasteiger partial charge in [-0.25, -0.2) is 8.42 Å². The van der Waals surface area contributed by atoms with Gasteiger partial charge in [0.25, 0.3) is 0 Å². The predicted octanol–water partition coefficient (Wildman–Crippen LogP) is 1.44. The van der Waals surface area contributed by atoms with E-state index in [1.165, 1.54) is 6.20 Å². The predicted molar refractivity (Wildman–Crippen MR) is 64.4 cm³/mol. The largest absolute Gasteiger partial charge is 0.383 e. The van der Waals surface area contributed by atoms with E-state index >= 15 is 0 Å². The normalized spacial score (nSPS) is 11.6. The second-order valence-corrected chi connectivity index (χ2v) is 5.81. The molecule has 2 rings (SSSR count). The maximum absolute atomic E-state index is 12.3. The fraction of sp³-hybridized carbons (Fsp3) is 0.182. The highest BCUT2D eigenvalue weighted by Gasteiger charge is 2.23. The summed E-state index contributed by atoms with van der Waals surface area (Å²) < 4.78 is 24.6. The molecule has 6 heteroatoms. The number of aromatic nitrogens is 2. The number of nitrogens with one attached hydrogen (secondary N) is 1. The molecule has 0 aliphatic heterocycles. The molecule has 0 radical (unpaired) electrons. The summed E-state index contributed by atoms with van der Waals surface area (Å²) in [6.45, 7) is 3.67. The summed E-state index contributed by atoms with van der Waals surface area (Å²) in [5, 5.41) is 6.06. The molecule has 0 aliphatic rings. The van der Waals surface area contributed by atoms with Crippen LogP contribution in [0.5, 0.6) is 0 Å². The molecule has 0 amide bonds. The van der Waals surface area contributed by atoms with Gasteiger partial charge in [-0.15, -0.1) is 0 Å². The zero-order valence-corrected chi connectivity index (χ0v) is 10.4. The number of rotatable bonds is 2. The summed E-state index contributed by atoms with van der Waals surface area (Å²) >= 11 is 0. The fourth-order valence-electron chi connectivity index (χ4n) is 1.72. The number of anilines is 1. The summed E-state index contributed by atoms with van der Waals surface area (Å²) in [6.07, 6.45) is 1.23. The van der Waals surface area contributed by atoms with E-state index in [0.717, 1.165) is 5.56 Å². The van der Waals surface area contributed by atoms with Crippen molar-refractivity contribution in [2.45, 2.75) is 23.6 Å². The quantitative estimate of drug-likeness (QED) is 0.845. The van der Waals surface area contributed by atoms with Crippen molar-refractivity contribution in [3.05, 3.63) is 35.5 Å². The van der Waals surface area contributed by atoms with Crippen molar-refractivity contribution in [3.63, 3.8) is 0 Å². The van der Waals surface area contributed by atoms with Gasteiger partial charge in [-0.2, -0.15) is 5.10 Å². The number of benzene rings is 1. The smallest absolute Gasteiger partial charge is 0.212 e. The first kappa shape index (κ1) is 11.7. The molecule has 0 saturated carbocycles. The zero-order valence-electron chi connectivity index (χ0n) is 9.56. The molecular weight excluding hydrogens is 238 g/mol. The standard InChI is InChI=1S/C11H13N3O2S/c1-7-3-4-9(8(2)5-7)17(15,16)10-6-13-14-11(10)12/h3-6H,1-2H3,(H3,12,13,14). The van der Waals surface area contributed by atoms with Gasteiger partial charge in [0.1, 0.15) is 10.7 Å². The van der Waals surface area contributed by atoms with Crippen molar-refractivity contribution in [2.75, 3.05) is 5.73 Å². The van der Waals surface area contributed by atoms with Crippen LogP contribution in [-0.2, 0) is 9.84 Å². The molecule has 0 saturated heterocycles. The monoisotopic (exact) mass is 251 g/mol. The first-order chi connectivity index (χ1) is 7.93. The van der Waals surface area contributed by atoms with Crippen LogP contribution in [0.15, 0.2) is 34.2 Å². The lowest BCUT2D eigenvalue weighted by atomic mass is 10.2. The Balaban J connectivity index is 2.65. The third kappa shape index (κ3) is 1.91. The molecule has 90 valence electrons. The Kier molecular flexibility index (Phi) is 2.66. The summed E-state index contributed by atoms with van der Waals surface area (Å²) in [6, 6.07) is 5.17. The lowest BCUT2D eigenvalue weighted by Gasteiger charge is -2.07. The molecule has 5 nitrogen and oxygen atoms in total. The Bertz CT molecular complexity index is 659. The average molecular weight is 251 g/mol. The third-order valence-corrected chi connectivity index (χ3v) is 4.48. The van der Waals surface area contributed by atoms with E-state index in [2.05, 4.69) is 10.2 Å². The summed E-state index contributed by atoms with van der Waals surface area (Å²) in [7, 11) is -3.59. The van der Waals surface area contributed by atoms with Crippen molar-refractivity contribution >= 4 is 15.7 Å². The van der Waals surface area contributed by atoms with E-state index in [1.807, 2.05) is 13.0 Å². The average Bonchev–Trinajstić information content (AvgIpc) is 2.64. The maximum atomic E-state index is 12.3. The maximum Gasteiger partial charge on any atom is 0.212 e. The number of hydrogen-bond acceptors (Lipinski definition) is 4. The molecule has 1 aromatic carbocycles. The van der Waals surface area contributed by atoms with E-state index in [9.17, 15) is 8.42 Å². The summed E-state index contributed by atoms with van der Waals surface area (Å²) in [5.74, 6) is 0.0602. The molecule has 0 atom stereocenters. The van der Waals surface area contributed by atoms with Gasteiger partial charge in [0, 0.05) is 0 Å². The minimum Gasteiger partial charge on any atom is -0.383 e. The van der Waals surface area contributed by atoms with Crippen molar-refractivity contribution < 1.29 is 8.42 Å². The van der Waals surface area contributed by atoms with E-state index in [0.29, 0.717) is 5.56 Å². The highest BCUT2D eigenvalue weighted by molar-refractivity contribution is 7.91. The molecule has 3 N–H and O–H groups in total. The lowest BCUT2D eigenvalue weighted by molar-refractivity contribution is 0.596. The first-order valence-electron chi connectivity index (χ1n) is 5.04. The van der Waals surface area contributed by atoms with E-state index in [1.54, 1.807) is 19.1 Å². The third-order valence-electron chi connectivity index (χ3n) is 2.54. The highest BCUT2D eigenvalue weighted by Crippen LogP contribution is 2.26. The van der Waals surface area contributed by atoms with Crippen molar-refractivity contribution in [2.24, 2.45) is 0 Å². The second-order valence-electron chi connectivity index (χ2n) is 3.92. The Morgan fingerprint density at radius 1 is 1.24 bits per heavy atom.